The number of H-pyrrole nitrogens is 1. The Morgan fingerprint density at radius 3 is 2.57 bits per heavy atom. The molecule has 1 aromatic carbocycles. The molecule has 3 aromatic rings. The third-order valence-corrected chi connectivity index (χ3v) is 5.61. The molecule has 2 aromatic heterocycles. The van der Waals surface area contributed by atoms with Crippen LogP contribution in [0.25, 0.3) is 10.9 Å². The highest BCUT2D eigenvalue weighted by molar-refractivity contribution is 5.90. The fraction of sp³-hybridized carbons (Fsp3) is 0.391. The molecule has 5 heteroatoms. The topological polar surface area (TPSA) is 66.9 Å². The molecule has 148 valence electrons. The lowest BCUT2D eigenvalue weighted by Crippen LogP contribution is -2.29. The van der Waals surface area contributed by atoms with Crippen molar-refractivity contribution in [2.24, 2.45) is 0 Å². The number of para-hydroxylation sites is 1. The van der Waals surface area contributed by atoms with E-state index in [9.17, 15) is 9.59 Å². The standard InChI is InChI=1S/C23H29N3O2/c1-6-16(4)26-17(5)19(18-9-7-8-10-21(18)26)12-22(27)24-13-20-14(2)11-15(3)25-23(20)28/h7-11,16H,6,12-13H2,1-5H3,(H,24,27)(H,25,28). The van der Waals surface area contributed by atoms with E-state index in [1.807, 2.05) is 32.0 Å². The zero-order valence-electron chi connectivity index (χ0n) is 17.3. The number of rotatable bonds is 6. The lowest BCUT2D eigenvalue weighted by Gasteiger charge is -2.16. The van der Waals surface area contributed by atoms with Crippen LogP contribution < -0.4 is 10.9 Å². The second-order valence-corrected chi connectivity index (χ2v) is 7.60. The number of nitrogens with zero attached hydrogens (tertiary/aromatic N) is 1. The summed E-state index contributed by atoms with van der Waals surface area (Å²) in [6.07, 6.45) is 1.33. The minimum Gasteiger partial charge on any atom is -0.352 e. The van der Waals surface area contributed by atoms with Crippen molar-refractivity contribution in [3.05, 3.63) is 68.8 Å². The van der Waals surface area contributed by atoms with Crippen molar-refractivity contribution in [3.8, 4) is 0 Å². The van der Waals surface area contributed by atoms with Crippen molar-refractivity contribution in [3.63, 3.8) is 0 Å². The highest BCUT2D eigenvalue weighted by atomic mass is 16.1. The lowest BCUT2D eigenvalue weighted by atomic mass is 10.1. The number of hydrogen-bond acceptors (Lipinski definition) is 2. The van der Waals surface area contributed by atoms with Crippen LogP contribution in [0, 0.1) is 20.8 Å². The molecule has 1 unspecified atom stereocenters. The first kappa shape index (κ1) is 19.9. The number of pyridine rings is 1. The zero-order chi connectivity index (χ0) is 20.4. The Kier molecular flexibility index (Phi) is 5.73. The van der Waals surface area contributed by atoms with E-state index in [-0.39, 0.29) is 18.0 Å². The Labute approximate surface area is 165 Å². The van der Waals surface area contributed by atoms with Crippen molar-refractivity contribution >= 4 is 16.8 Å². The van der Waals surface area contributed by atoms with Gasteiger partial charge in [-0.2, -0.15) is 0 Å². The lowest BCUT2D eigenvalue weighted by molar-refractivity contribution is -0.120. The van der Waals surface area contributed by atoms with Crippen LogP contribution in [0.3, 0.4) is 0 Å². The molecule has 2 heterocycles. The van der Waals surface area contributed by atoms with E-state index in [1.54, 1.807) is 0 Å². The van der Waals surface area contributed by atoms with Gasteiger partial charge in [-0.25, -0.2) is 0 Å². The molecule has 28 heavy (non-hydrogen) atoms. The summed E-state index contributed by atoms with van der Waals surface area (Å²) in [6, 6.07) is 10.5. The highest BCUT2D eigenvalue weighted by Gasteiger charge is 2.19. The van der Waals surface area contributed by atoms with E-state index in [0.717, 1.165) is 34.3 Å². The van der Waals surface area contributed by atoms with Gasteiger partial charge >= 0.3 is 0 Å². The van der Waals surface area contributed by atoms with Crippen LogP contribution in [-0.4, -0.2) is 15.5 Å². The number of aromatic amines is 1. The Morgan fingerprint density at radius 2 is 1.89 bits per heavy atom. The third-order valence-electron chi connectivity index (χ3n) is 5.61. The predicted molar refractivity (Wildman–Crippen MR) is 114 cm³/mol. The van der Waals surface area contributed by atoms with Gasteiger partial charge in [-0.3, -0.25) is 9.59 Å². The number of aromatic nitrogens is 2. The molecule has 0 spiro atoms. The van der Waals surface area contributed by atoms with Crippen LogP contribution in [0.15, 0.2) is 35.1 Å². The van der Waals surface area contributed by atoms with Gasteiger partial charge < -0.3 is 14.9 Å². The van der Waals surface area contributed by atoms with Gasteiger partial charge in [0.05, 0.1) is 6.42 Å². The van der Waals surface area contributed by atoms with Crippen molar-refractivity contribution in [2.45, 2.75) is 60.0 Å². The molecule has 1 atom stereocenters. The van der Waals surface area contributed by atoms with Gasteiger partial charge in [0, 0.05) is 40.4 Å². The molecular weight excluding hydrogens is 350 g/mol. The second kappa shape index (κ2) is 8.05. The maximum atomic E-state index is 12.7. The van der Waals surface area contributed by atoms with E-state index >= 15 is 0 Å². The first-order chi connectivity index (χ1) is 13.3. The van der Waals surface area contributed by atoms with Gasteiger partial charge in [-0.15, -0.1) is 0 Å². The summed E-state index contributed by atoms with van der Waals surface area (Å²) in [6.45, 7) is 10.5. The minimum absolute atomic E-state index is 0.0745. The quantitative estimate of drug-likeness (QED) is 0.677. The molecule has 0 aliphatic carbocycles. The molecule has 5 nitrogen and oxygen atoms in total. The largest absolute Gasteiger partial charge is 0.352 e. The first-order valence-electron chi connectivity index (χ1n) is 9.88. The zero-order valence-corrected chi connectivity index (χ0v) is 17.3. The van der Waals surface area contributed by atoms with E-state index in [2.05, 4.69) is 47.8 Å². The van der Waals surface area contributed by atoms with Crippen molar-refractivity contribution < 1.29 is 4.79 Å². The van der Waals surface area contributed by atoms with E-state index in [1.165, 1.54) is 5.52 Å². The number of aryl methyl sites for hydroxylation is 2. The molecule has 0 aliphatic heterocycles. The van der Waals surface area contributed by atoms with Crippen molar-refractivity contribution in [1.82, 2.24) is 14.9 Å². The summed E-state index contributed by atoms with van der Waals surface area (Å²) in [5, 5.41) is 4.05. The van der Waals surface area contributed by atoms with Crippen LogP contribution in [0.4, 0.5) is 0 Å². The third kappa shape index (κ3) is 3.75. The predicted octanol–water partition coefficient (Wildman–Crippen LogP) is 4.08. The average molecular weight is 380 g/mol. The van der Waals surface area contributed by atoms with Crippen LogP contribution in [-0.2, 0) is 17.8 Å². The molecule has 0 fully saturated rings. The van der Waals surface area contributed by atoms with Crippen molar-refractivity contribution in [2.75, 3.05) is 0 Å². The number of carbonyl (C=O) groups excluding carboxylic acids is 1. The van der Waals surface area contributed by atoms with Gasteiger partial charge in [-0.1, -0.05) is 25.1 Å². The van der Waals surface area contributed by atoms with Crippen LogP contribution in [0.1, 0.15) is 54.4 Å². The number of fused-ring (bicyclic) bond motifs is 1. The van der Waals surface area contributed by atoms with Crippen LogP contribution >= 0.6 is 0 Å². The van der Waals surface area contributed by atoms with E-state index < -0.39 is 0 Å². The number of nitrogens with one attached hydrogen (secondary N) is 2. The maximum Gasteiger partial charge on any atom is 0.253 e. The van der Waals surface area contributed by atoms with Gasteiger partial charge in [0.25, 0.3) is 5.56 Å². The molecule has 0 saturated heterocycles. The first-order valence-corrected chi connectivity index (χ1v) is 9.88. The van der Waals surface area contributed by atoms with Crippen molar-refractivity contribution in [1.29, 1.82) is 0 Å². The summed E-state index contributed by atoms with van der Waals surface area (Å²) in [4.78, 5) is 27.6. The Balaban J connectivity index is 1.84. The summed E-state index contributed by atoms with van der Waals surface area (Å²) in [5.41, 5.74) is 5.55. The SMILES string of the molecule is CCC(C)n1c(C)c(CC(=O)NCc2c(C)cc(C)[nH]c2=O)c2ccccc21. The fourth-order valence-corrected chi connectivity index (χ4v) is 3.94. The second-order valence-electron chi connectivity index (χ2n) is 7.60. The van der Waals surface area contributed by atoms with Gasteiger partial charge in [0.2, 0.25) is 5.91 Å². The highest BCUT2D eigenvalue weighted by Crippen LogP contribution is 2.30. The summed E-state index contributed by atoms with van der Waals surface area (Å²) in [5.74, 6) is -0.0745. The Morgan fingerprint density at radius 1 is 1.18 bits per heavy atom. The monoisotopic (exact) mass is 379 g/mol. The molecule has 3 rings (SSSR count). The van der Waals surface area contributed by atoms with Gasteiger partial charge in [-0.05, 0) is 57.4 Å². The van der Waals surface area contributed by atoms with Crippen LogP contribution in [0.5, 0.6) is 0 Å². The molecule has 0 aliphatic rings. The maximum absolute atomic E-state index is 12.7. The minimum atomic E-state index is -0.137. The molecule has 1 amide bonds. The Hall–Kier alpha value is -2.82. The molecule has 0 bridgehead atoms. The van der Waals surface area contributed by atoms with Gasteiger partial charge in [0.1, 0.15) is 0 Å². The molecule has 0 saturated carbocycles. The number of benzene rings is 1. The summed E-state index contributed by atoms with van der Waals surface area (Å²) < 4.78 is 2.33. The summed E-state index contributed by atoms with van der Waals surface area (Å²) in [7, 11) is 0. The number of amides is 1. The normalized spacial score (nSPS) is 12.3. The van der Waals surface area contributed by atoms with E-state index in [4.69, 9.17) is 0 Å². The van der Waals surface area contributed by atoms with Crippen LogP contribution in [0.2, 0.25) is 0 Å². The molecular formula is C23H29N3O2. The average Bonchev–Trinajstić information content (AvgIpc) is 2.92. The van der Waals surface area contributed by atoms with E-state index in [0.29, 0.717) is 18.0 Å². The fourth-order valence-electron chi connectivity index (χ4n) is 3.94. The Bertz CT molecular complexity index is 1080. The summed E-state index contributed by atoms with van der Waals surface area (Å²) >= 11 is 0. The smallest absolute Gasteiger partial charge is 0.253 e. The molecule has 0 radical (unpaired) electrons. The molecule has 2 N–H and O–H groups in total. The number of carbonyl (C=O) groups is 1. The number of hydrogen-bond donors (Lipinski definition) is 2. The van der Waals surface area contributed by atoms with Gasteiger partial charge in [0.15, 0.2) is 0 Å².